The lowest BCUT2D eigenvalue weighted by molar-refractivity contribution is -0.141. The molecule has 0 radical (unpaired) electrons. The van der Waals surface area contributed by atoms with Crippen LogP contribution in [0.4, 0.5) is 0 Å². The Morgan fingerprint density at radius 1 is 1.32 bits per heavy atom. The van der Waals surface area contributed by atoms with E-state index in [1.807, 2.05) is 0 Å². The number of nitrogens with one attached hydrogen (secondary N) is 1. The predicted octanol–water partition coefficient (Wildman–Crippen LogP) is 0.0533. The highest BCUT2D eigenvalue weighted by atomic mass is 16.4. The molecule has 19 heavy (non-hydrogen) atoms. The van der Waals surface area contributed by atoms with Gasteiger partial charge in [0.2, 0.25) is 0 Å². The highest BCUT2D eigenvalue weighted by Crippen LogP contribution is 2.22. The topological polar surface area (TPSA) is 127 Å². The van der Waals surface area contributed by atoms with Crippen molar-refractivity contribution in [3.05, 3.63) is 23.8 Å². The van der Waals surface area contributed by atoms with E-state index in [0.717, 1.165) is 6.07 Å². The van der Waals surface area contributed by atoms with Gasteiger partial charge < -0.3 is 25.7 Å². The quantitative estimate of drug-likeness (QED) is 0.514. The number of carbonyl (C=O) groups is 2. The average molecular weight is 269 g/mol. The molecular weight excluding hydrogens is 254 g/mol. The molecule has 104 valence electrons. The Kier molecular flexibility index (Phi) is 4.34. The van der Waals surface area contributed by atoms with Crippen molar-refractivity contribution in [3.63, 3.8) is 0 Å². The summed E-state index contributed by atoms with van der Waals surface area (Å²) in [5.74, 6) is -2.46. The van der Waals surface area contributed by atoms with Crippen molar-refractivity contribution in [1.29, 1.82) is 0 Å². The number of carbonyl (C=O) groups excluding carboxylic acids is 1. The van der Waals surface area contributed by atoms with Gasteiger partial charge in [-0.3, -0.25) is 9.59 Å². The van der Waals surface area contributed by atoms with E-state index in [-0.39, 0.29) is 17.9 Å². The van der Waals surface area contributed by atoms with E-state index in [0.29, 0.717) is 0 Å². The second kappa shape index (κ2) is 5.57. The first kappa shape index (κ1) is 14.8. The van der Waals surface area contributed by atoms with Crippen LogP contribution in [-0.4, -0.2) is 44.4 Å². The SMILES string of the molecule is CC(O)(CNC(=O)c1ccc(O)cc1O)CC(=O)O. The molecule has 1 rings (SSSR count). The Hall–Kier alpha value is -2.28. The normalized spacial score (nSPS) is 13.6. The number of aliphatic carboxylic acids is 1. The molecule has 0 saturated heterocycles. The van der Waals surface area contributed by atoms with Gasteiger partial charge in [0.25, 0.3) is 5.91 Å². The molecule has 0 spiro atoms. The Morgan fingerprint density at radius 3 is 2.47 bits per heavy atom. The fourth-order valence-electron chi connectivity index (χ4n) is 1.47. The monoisotopic (exact) mass is 269 g/mol. The van der Waals surface area contributed by atoms with Crippen LogP contribution in [-0.2, 0) is 4.79 Å². The van der Waals surface area contributed by atoms with Gasteiger partial charge in [-0.2, -0.15) is 0 Å². The molecule has 1 aromatic carbocycles. The summed E-state index contributed by atoms with van der Waals surface area (Å²) in [6.07, 6.45) is -0.519. The Balaban J connectivity index is 2.68. The van der Waals surface area contributed by atoms with E-state index >= 15 is 0 Å². The summed E-state index contributed by atoms with van der Waals surface area (Å²) in [6, 6.07) is 3.44. The maximum Gasteiger partial charge on any atom is 0.306 e. The van der Waals surface area contributed by atoms with Crippen molar-refractivity contribution in [1.82, 2.24) is 5.32 Å². The standard InChI is InChI=1S/C12H15NO6/c1-12(19,5-10(16)17)6-13-11(18)8-3-2-7(14)4-9(8)15/h2-4,14-15,19H,5-6H2,1H3,(H,13,18)(H,16,17). The van der Waals surface area contributed by atoms with Gasteiger partial charge in [0.15, 0.2) is 0 Å². The van der Waals surface area contributed by atoms with Crippen LogP contribution >= 0.6 is 0 Å². The minimum absolute atomic E-state index is 0.0797. The number of hydrogen-bond acceptors (Lipinski definition) is 5. The Bertz CT molecular complexity index is 497. The van der Waals surface area contributed by atoms with E-state index < -0.39 is 29.6 Å². The first-order valence-electron chi connectivity index (χ1n) is 5.45. The second-order valence-electron chi connectivity index (χ2n) is 4.45. The summed E-state index contributed by atoms with van der Waals surface area (Å²) in [6.45, 7) is 0.997. The van der Waals surface area contributed by atoms with Gasteiger partial charge in [0.1, 0.15) is 11.5 Å². The van der Waals surface area contributed by atoms with Crippen LogP contribution in [0.25, 0.3) is 0 Å². The Morgan fingerprint density at radius 2 is 1.95 bits per heavy atom. The molecule has 0 heterocycles. The molecule has 5 N–H and O–H groups in total. The zero-order valence-corrected chi connectivity index (χ0v) is 10.3. The molecule has 0 bridgehead atoms. The van der Waals surface area contributed by atoms with Crippen molar-refractivity contribution in [3.8, 4) is 11.5 Å². The van der Waals surface area contributed by atoms with Crippen LogP contribution in [0.3, 0.4) is 0 Å². The summed E-state index contributed by atoms with van der Waals surface area (Å²) >= 11 is 0. The van der Waals surface area contributed by atoms with Gasteiger partial charge in [-0.05, 0) is 19.1 Å². The number of carboxylic acid groups (broad SMARTS) is 1. The first-order chi connectivity index (χ1) is 8.71. The van der Waals surface area contributed by atoms with Crippen molar-refractivity contribution in [2.75, 3.05) is 6.54 Å². The van der Waals surface area contributed by atoms with Crippen molar-refractivity contribution in [2.45, 2.75) is 18.9 Å². The number of aliphatic hydroxyl groups is 1. The molecule has 1 unspecified atom stereocenters. The molecular formula is C12H15NO6. The first-order valence-corrected chi connectivity index (χ1v) is 5.45. The van der Waals surface area contributed by atoms with Gasteiger partial charge >= 0.3 is 5.97 Å². The second-order valence-corrected chi connectivity index (χ2v) is 4.45. The molecule has 1 atom stereocenters. The number of rotatable bonds is 5. The molecule has 1 amide bonds. The van der Waals surface area contributed by atoms with Gasteiger partial charge in [0, 0.05) is 12.6 Å². The van der Waals surface area contributed by atoms with Crippen LogP contribution in [0.2, 0.25) is 0 Å². The van der Waals surface area contributed by atoms with E-state index in [1.165, 1.54) is 19.1 Å². The fraction of sp³-hybridized carbons (Fsp3) is 0.333. The van der Waals surface area contributed by atoms with Gasteiger partial charge in [0.05, 0.1) is 17.6 Å². The summed E-state index contributed by atoms with van der Waals surface area (Å²) in [5.41, 5.74) is -1.67. The van der Waals surface area contributed by atoms with E-state index in [2.05, 4.69) is 5.32 Å². The number of carboxylic acids is 1. The minimum Gasteiger partial charge on any atom is -0.508 e. The highest BCUT2D eigenvalue weighted by molar-refractivity contribution is 5.97. The molecule has 0 aliphatic carbocycles. The zero-order chi connectivity index (χ0) is 14.6. The highest BCUT2D eigenvalue weighted by Gasteiger charge is 2.25. The van der Waals surface area contributed by atoms with Gasteiger partial charge in [-0.15, -0.1) is 0 Å². The largest absolute Gasteiger partial charge is 0.508 e. The van der Waals surface area contributed by atoms with Gasteiger partial charge in [-0.25, -0.2) is 0 Å². The summed E-state index contributed by atoms with van der Waals surface area (Å²) in [5, 5.41) is 39.1. The number of hydrogen-bond donors (Lipinski definition) is 5. The third kappa shape index (κ3) is 4.47. The summed E-state index contributed by atoms with van der Waals surface area (Å²) in [4.78, 5) is 22.2. The van der Waals surface area contributed by atoms with E-state index in [1.54, 1.807) is 0 Å². The minimum atomic E-state index is -1.59. The summed E-state index contributed by atoms with van der Waals surface area (Å²) < 4.78 is 0. The third-order valence-electron chi connectivity index (χ3n) is 2.39. The Labute approximate surface area is 109 Å². The van der Waals surface area contributed by atoms with E-state index in [9.17, 15) is 19.8 Å². The fourth-order valence-corrected chi connectivity index (χ4v) is 1.47. The number of aromatic hydroxyl groups is 2. The smallest absolute Gasteiger partial charge is 0.306 e. The van der Waals surface area contributed by atoms with Crippen LogP contribution in [0, 0.1) is 0 Å². The van der Waals surface area contributed by atoms with Crippen LogP contribution in [0.5, 0.6) is 11.5 Å². The van der Waals surface area contributed by atoms with Gasteiger partial charge in [-0.1, -0.05) is 0 Å². The molecule has 7 nitrogen and oxygen atoms in total. The maximum absolute atomic E-state index is 11.7. The van der Waals surface area contributed by atoms with Crippen LogP contribution < -0.4 is 5.32 Å². The lowest BCUT2D eigenvalue weighted by Crippen LogP contribution is -2.42. The van der Waals surface area contributed by atoms with Crippen molar-refractivity contribution >= 4 is 11.9 Å². The molecule has 7 heteroatoms. The number of phenolic OH excluding ortho intramolecular Hbond substituents is 2. The van der Waals surface area contributed by atoms with Crippen molar-refractivity contribution < 1.29 is 30.0 Å². The average Bonchev–Trinajstić information content (AvgIpc) is 2.24. The van der Waals surface area contributed by atoms with Crippen LogP contribution in [0.15, 0.2) is 18.2 Å². The maximum atomic E-state index is 11.7. The zero-order valence-electron chi connectivity index (χ0n) is 10.3. The summed E-state index contributed by atoms with van der Waals surface area (Å²) in [7, 11) is 0. The molecule has 0 aromatic heterocycles. The predicted molar refractivity (Wildman–Crippen MR) is 65.0 cm³/mol. The molecule has 0 saturated carbocycles. The number of benzene rings is 1. The number of amides is 1. The van der Waals surface area contributed by atoms with Crippen LogP contribution in [0.1, 0.15) is 23.7 Å². The number of phenols is 2. The molecule has 0 aliphatic heterocycles. The van der Waals surface area contributed by atoms with Crippen molar-refractivity contribution in [2.24, 2.45) is 0 Å². The molecule has 0 aliphatic rings. The molecule has 0 fully saturated rings. The van der Waals surface area contributed by atoms with E-state index in [4.69, 9.17) is 10.2 Å². The molecule has 1 aromatic rings. The third-order valence-corrected chi connectivity index (χ3v) is 2.39. The lowest BCUT2D eigenvalue weighted by atomic mass is 10.0. The lowest BCUT2D eigenvalue weighted by Gasteiger charge is -2.21.